The number of aromatic nitrogens is 2. The highest BCUT2D eigenvalue weighted by molar-refractivity contribution is 7.08. The van der Waals surface area contributed by atoms with Crippen molar-refractivity contribution in [3.8, 4) is 0 Å². The average Bonchev–Trinajstić information content (AvgIpc) is 3.30. The van der Waals surface area contributed by atoms with Crippen molar-refractivity contribution in [2.24, 2.45) is 11.8 Å². The molecule has 3 atom stereocenters. The second-order valence-corrected chi connectivity index (χ2v) is 6.90. The fourth-order valence-electron chi connectivity index (χ4n) is 3.36. The van der Waals surface area contributed by atoms with Crippen molar-refractivity contribution in [2.75, 3.05) is 31.1 Å². The van der Waals surface area contributed by atoms with E-state index in [-0.39, 0.29) is 17.9 Å². The molecule has 1 N–H and O–H groups in total. The number of thiophene rings is 1. The van der Waals surface area contributed by atoms with Crippen molar-refractivity contribution < 1.29 is 13.9 Å². The molecule has 4 heterocycles. The summed E-state index contributed by atoms with van der Waals surface area (Å²) in [7, 11) is 0. The molecular weight excluding hydrogens is 331 g/mol. The average molecular weight is 348 g/mol. The number of hydrogen-bond donors (Lipinski definition) is 1. The van der Waals surface area contributed by atoms with E-state index >= 15 is 0 Å². The maximum absolute atomic E-state index is 13.0. The molecule has 0 radical (unpaired) electrons. The third-order valence-corrected chi connectivity index (χ3v) is 5.32. The third kappa shape index (κ3) is 2.99. The molecule has 2 aliphatic heterocycles. The van der Waals surface area contributed by atoms with Crippen molar-refractivity contribution >= 4 is 23.2 Å². The van der Waals surface area contributed by atoms with Crippen LogP contribution in [0.1, 0.15) is 10.4 Å². The van der Waals surface area contributed by atoms with Gasteiger partial charge in [0.15, 0.2) is 5.82 Å². The molecule has 0 aliphatic carbocycles. The number of amides is 1. The minimum atomic E-state index is -0.441. The van der Waals surface area contributed by atoms with Crippen molar-refractivity contribution in [2.45, 2.75) is 6.10 Å². The highest BCUT2D eigenvalue weighted by Gasteiger charge is 2.44. The fourth-order valence-corrected chi connectivity index (χ4v) is 4.00. The molecule has 2 aromatic heterocycles. The summed E-state index contributed by atoms with van der Waals surface area (Å²) in [4.78, 5) is 22.1. The maximum atomic E-state index is 13.0. The van der Waals surface area contributed by atoms with Gasteiger partial charge in [-0.3, -0.25) is 4.79 Å². The molecule has 0 bridgehead atoms. The zero-order valence-corrected chi connectivity index (χ0v) is 13.7. The number of anilines is 1. The Hall–Kier alpha value is -2.06. The number of nitrogens with zero attached hydrogens (tertiary/aromatic N) is 3. The first-order chi connectivity index (χ1) is 11.7. The number of ether oxygens (including phenoxy) is 1. The lowest BCUT2D eigenvalue weighted by atomic mass is 9.93. The molecule has 24 heavy (non-hydrogen) atoms. The number of halogens is 1. The predicted octanol–water partition coefficient (Wildman–Crippen LogP) is 1.56. The molecule has 2 fully saturated rings. The van der Waals surface area contributed by atoms with Gasteiger partial charge in [0.2, 0.25) is 5.95 Å². The van der Waals surface area contributed by atoms with E-state index < -0.39 is 5.82 Å². The van der Waals surface area contributed by atoms with Gasteiger partial charge in [0.1, 0.15) is 0 Å². The number of hydrogen-bond acceptors (Lipinski definition) is 6. The molecule has 2 aliphatic rings. The molecule has 8 heteroatoms. The second-order valence-electron chi connectivity index (χ2n) is 6.12. The molecule has 2 saturated heterocycles. The summed E-state index contributed by atoms with van der Waals surface area (Å²) in [6, 6.07) is 1.82. The zero-order valence-electron chi connectivity index (χ0n) is 12.9. The van der Waals surface area contributed by atoms with Crippen LogP contribution in [0.5, 0.6) is 0 Å². The van der Waals surface area contributed by atoms with Gasteiger partial charge >= 0.3 is 0 Å². The number of carbonyl (C=O) groups excluding carboxylic acids is 1. The van der Waals surface area contributed by atoms with E-state index in [9.17, 15) is 9.18 Å². The minimum absolute atomic E-state index is 0.0450. The van der Waals surface area contributed by atoms with Gasteiger partial charge in [0.25, 0.3) is 5.91 Å². The number of carbonyl (C=O) groups is 1. The van der Waals surface area contributed by atoms with Gasteiger partial charge in [0, 0.05) is 42.4 Å². The van der Waals surface area contributed by atoms with Crippen molar-refractivity contribution in [1.29, 1.82) is 0 Å². The first-order valence-corrected chi connectivity index (χ1v) is 8.79. The summed E-state index contributed by atoms with van der Waals surface area (Å²) in [6.45, 7) is 2.70. The second kappa shape index (κ2) is 6.45. The van der Waals surface area contributed by atoms with Crippen LogP contribution >= 0.6 is 11.3 Å². The number of nitrogens with one attached hydrogen (secondary N) is 1. The highest BCUT2D eigenvalue weighted by Crippen LogP contribution is 2.34. The molecule has 0 aromatic carbocycles. The van der Waals surface area contributed by atoms with E-state index in [1.165, 1.54) is 23.7 Å². The first-order valence-electron chi connectivity index (χ1n) is 7.85. The molecule has 126 valence electrons. The quantitative estimate of drug-likeness (QED) is 0.908. The fraction of sp³-hybridized carbons (Fsp3) is 0.438. The Morgan fingerprint density at radius 1 is 1.42 bits per heavy atom. The largest absolute Gasteiger partial charge is 0.376 e. The van der Waals surface area contributed by atoms with Crippen LogP contribution < -0.4 is 10.2 Å². The van der Waals surface area contributed by atoms with Crippen molar-refractivity contribution in [1.82, 2.24) is 15.3 Å². The Morgan fingerprint density at radius 3 is 3.00 bits per heavy atom. The van der Waals surface area contributed by atoms with Crippen LogP contribution in [0.2, 0.25) is 0 Å². The Labute approximate surface area is 142 Å². The summed E-state index contributed by atoms with van der Waals surface area (Å²) in [6.07, 6.45) is 2.47. The van der Waals surface area contributed by atoms with Crippen LogP contribution in [-0.4, -0.2) is 48.2 Å². The summed E-state index contributed by atoms with van der Waals surface area (Å²) in [5, 5.41) is 6.72. The lowest BCUT2D eigenvalue weighted by molar-refractivity contribution is 0.0940. The Balaban J connectivity index is 1.36. The molecule has 0 unspecified atom stereocenters. The SMILES string of the molecule is O=C(NC[C@@H]1CO[C@@H]2CN(c3ncc(F)cn3)C[C@H]12)c1ccsc1. The minimum Gasteiger partial charge on any atom is -0.376 e. The van der Waals surface area contributed by atoms with E-state index in [0.29, 0.717) is 37.1 Å². The standard InChI is InChI=1S/C16H17FN4O2S/c17-12-4-19-16(20-5-12)21-6-13-11(8-23-14(13)7-21)3-18-15(22)10-1-2-24-9-10/h1-2,4-5,9,11,13-14H,3,6-8H2,(H,18,22)/t11-,13-,14-/m1/s1. The van der Waals surface area contributed by atoms with Crippen LogP contribution in [0.4, 0.5) is 10.3 Å². The summed E-state index contributed by atoms with van der Waals surface area (Å²) >= 11 is 1.51. The van der Waals surface area contributed by atoms with Gasteiger partial charge in [-0.25, -0.2) is 14.4 Å². The maximum Gasteiger partial charge on any atom is 0.252 e. The lowest BCUT2D eigenvalue weighted by Gasteiger charge is -2.19. The Kier molecular flexibility index (Phi) is 4.15. The van der Waals surface area contributed by atoms with Crippen LogP contribution in [0.15, 0.2) is 29.2 Å². The summed E-state index contributed by atoms with van der Waals surface area (Å²) in [5.74, 6) is 0.625. The van der Waals surface area contributed by atoms with E-state index in [1.54, 1.807) is 0 Å². The highest BCUT2D eigenvalue weighted by atomic mass is 32.1. The Morgan fingerprint density at radius 2 is 2.25 bits per heavy atom. The lowest BCUT2D eigenvalue weighted by Crippen LogP contribution is -2.34. The van der Waals surface area contributed by atoms with Crippen LogP contribution in [0.3, 0.4) is 0 Å². The molecule has 1 amide bonds. The predicted molar refractivity (Wildman–Crippen MR) is 87.6 cm³/mol. The molecule has 6 nitrogen and oxygen atoms in total. The Bertz CT molecular complexity index is 709. The molecule has 4 rings (SSSR count). The van der Waals surface area contributed by atoms with Gasteiger partial charge in [0.05, 0.1) is 25.1 Å². The van der Waals surface area contributed by atoms with E-state index in [1.807, 2.05) is 21.7 Å². The normalized spacial score (nSPS) is 25.7. The van der Waals surface area contributed by atoms with E-state index in [4.69, 9.17) is 4.74 Å². The van der Waals surface area contributed by atoms with Gasteiger partial charge in [-0.05, 0) is 11.4 Å². The first kappa shape index (κ1) is 15.5. The summed E-state index contributed by atoms with van der Waals surface area (Å²) < 4.78 is 18.8. The van der Waals surface area contributed by atoms with Crippen LogP contribution in [0.25, 0.3) is 0 Å². The van der Waals surface area contributed by atoms with E-state index in [0.717, 1.165) is 6.54 Å². The smallest absolute Gasteiger partial charge is 0.252 e. The van der Waals surface area contributed by atoms with Gasteiger partial charge in [-0.15, -0.1) is 0 Å². The topological polar surface area (TPSA) is 67.3 Å². The summed E-state index contributed by atoms with van der Waals surface area (Å²) in [5.41, 5.74) is 0.697. The van der Waals surface area contributed by atoms with Crippen molar-refractivity contribution in [3.63, 3.8) is 0 Å². The van der Waals surface area contributed by atoms with Gasteiger partial charge in [-0.1, -0.05) is 0 Å². The van der Waals surface area contributed by atoms with E-state index in [2.05, 4.69) is 15.3 Å². The molecule has 0 spiro atoms. The molecular formula is C16H17FN4O2S. The number of fused-ring (bicyclic) bond motifs is 1. The van der Waals surface area contributed by atoms with Crippen molar-refractivity contribution in [3.05, 3.63) is 40.6 Å². The van der Waals surface area contributed by atoms with Gasteiger partial charge < -0.3 is 15.0 Å². The number of rotatable bonds is 4. The van der Waals surface area contributed by atoms with Crippen LogP contribution in [0, 0.1) is 17.7 Å². The van der Waals surface area contributed by atoms with Crippen LogP contribution in [-0.2, 0) is 4.74 Å². The van der Waals surface area contributed by atoms with Gasteiger partial charge in [-0.2, -0.15) is 11.3 Å². The zero-order chi connectivity index (χ0) is 16.5. The third-order valence-electron chi connectivity index (χ3n) is 4.64. The monoisotopic (exact) mass is 348 g/mol. The molecule has 2 aromatic rings. The molecule has 0 saturated carbocycles.